The molecule has 1 saturated heterocycles. The molecular weight excluding hydrogens is 516 g/mol. The average Bonchev–Trinajstić information content (AvgIpc) is 3.48. The minimum absolute atomic E-state index is 0.0878. The quantitative estimate of drug-likeness (QED) is 0.451. The largest absolute Gasteiger partial charge is 0.416 e. The van der Waals surface area contributed by atoms with Crippen LogP contribution in [0.15, 0.2) is 43.0 Å². The van der Waals surface area contributed by atoms with E-state index in [1.165, 1.54) is 22.2 Å². The van der Waals surface area contributed by atoms with Crippen LogP contribution in [0.4, 0.5) is 37.1 Å². The van der Waals surface area contributed by atoms with Crippen LogP contribution in [0.5, 0.6) is 0 Å². The SMILES string of the molecule is CC[C@@H]1C[C@@H](N(Cc2cc(C(F)(F)F)cc(C(F)(F)F)c2)c2ncc(-c3cnn(C)c3)cn2)CN1C(N)=O. The van der Waals surface area contributed by atoms with Crippen LogP contribution < -0.4 is 10.6 Å². The Morgan fingerprint density at radius 3 is 2.08 bits per heavy atom. The van der Waals surface area contributed by atoms with Crippen molar-refractivity contribution in [2.45, 2.75) is 50.7 Å². The summed E-state index contributed by atoms with van der Waals surface area (Å²) in [4.78, 5) is 23.7. The number of aryl methyl sites for hydroxylation is 1. The maximum absolute atomic E-state index is 13.5. The molecular formula is C24H25F6N7O. The third-order valence-electron chi connectivity index (χ3n) is 6.52. The molecule has 2 amide bonds. The Morgan fingerprint density at radius 1 is 1.03 bits per heavy atom. The van der Waals surface area contributed by atoms with Crippen molar-refractivity contribution in [1.82, 2.24) is 24.6 Å². The van der Waals surface area contributed by atoms with Crippen molar-refractivity contribution >= 4 is 12.0 Å². The fourth-order valence-corrected chi connectivity index (χ4v) is 4.63. The summed E-state index contributed by atoms with van der Waals surface area (Å²) in [5.41, 5.74) is 3.82. The number of hydrogen-bond acceptors (Lipinski definition) is 5. The minimum Gasteiger partial charge on any atom is -0.351 e. The predicted molar refractivity (Wildman–Crippen MR) is 126 cm³/mol. The van der Waals surface area contributed by atoms with Crippen molar-refractivity contribution in [2.75, 3.05) is 11.4 Å². The monoisotopic (exact) mass is 541 g/mol. The van der Waals surface area contributed by atoms with Crippen molar-refractivity contribution in [3.05, 3.63) is 59.7 Å². The summed E-state index contributed by atoms with van der Waals surface area (Å²) in [5, 5.41) is 4.09. The number of rotatable bonds is 6. The van der Waals surface area contributed by atoms with Gasteiger partial charge in [0.1, 0.15) is 0 Å². The molecule has 204 valence electrons. The third-order valence-corrected chi connectivity index (χ3v) is 6.52. The molecule has 2 atom stereocenters. The lowest BCUT2D eigenvalue weighted by Gasteiger charge is -2.29. The van der Waals surface area contributed by atoms with E-state index in [1.54, 1.807) is 24.1 Å². The summed E-state index contributed by atoms with van der Waals surface area (Å²) in [6.45, 7) is 1.62. The molecule has 1 aliphatic rings. The first-order valence-corrected chi connectivity index (χ1v) is 11.7. The molecule has 0 spiro atoms. The average molecular weight is 542 g/mol. The molecule has 14 heteroatoms. The zero-order valence-electron chi connectivity index (χ0n) is 20.5. The van der Waals surface area contributed by atoms with E-state index >= 15 is 0 Å². The van der Waals surface area contributed by atoms with E-state index in [0.717, 1.165) is 5.56 Å². The highest BCUT2D eigenvalue weighted by molar-refractivity contribution is 5.73. The van der Waals surface area contributed by atoms with Crippen molar-refractivity contribution in [3.63, 3.8) is 0 Å². The number of amides is 2. The van der Waals surface area contributed by atoms with E-state index in [-0.39, 0.29) is 36.7 Å². The molecule has 38 heavy (non-hydrogen) atoms. The van der Waals surface area contributed by atoms with Crippen molar-refractivity contribution in [3.8, 4) is 11.1 Å². The van der Waals surface area contributed by atoms with Gasteiger partial charge in [0.05, 0.1) is 23.4 Å². The lowest BCUT2D eigenvalue weighted by Crippen LogP contribution is -2.42. The zero-order valence-corrected chi connectivity index (χ0v) is 20.5. The van der Waals surface area contributed by atoms with E-state index in [1.807, 2.05) is 6.92 Å². The first kappa shape index (κ1) is 27.2. The van der Waals surface area contributed by atoms with Crippen LogP contribution in [-0.2, 0) is 25.9 Å². The summed E-state index contributed by atoms with van der Waals surface area (Å²) in [6.07, 6.45) is -2.67. The van der Waals surface area contributed by atoms with Crippen LogP contribution in [-0.4, -0.2) is 49.3 Å². The second kappa shape index (κ2) is 10.1. The number of hydrogen-bond donors (Lipinski definition) is 1. The van der Waals surface area contributed by atoms with Crippen molar-refractivity contribution < 1.29 is 31.1 Å². The van der Waals surface area contributed by atoms with E-state index < -0.39 is 35.6 Å². The molecule has 3 aromatic rings. The van der Waals surface area contributed by atoms with Gasteiger partial charge in [-0.25, -0.2) is 14.8 Å². The van der Waals surface area contributed by atoms with Crippen molar-refractivity contribution in [2.24, 2.45) is 12.8 Å². The fraction of sp³-hybridized carbons (Fsp3) is 0.417. The highest BCUT2D eigenvalue weighted by Gasteiger charge is 2.39. The molecule has 0 radical (unpaired) electrons. The maximum Gasteiger partial charge on any atom is 0.416 e. The Hall–Kier alpha value is -3.84. The maximum atomic E-state index is 13.5. The first-order chi connectivity index (χ1) is 17.8. The van der Waals surface area contributed by atoms with E-state index in [9.17, 15) is 31.1 Å². The normalized spacial score (nSPS) is 18.2. The Kier molecular flexibility index (Phi) is 7.26. The molecule has 0 aliphatic carbocycles. The van der Waals surface area contributed by atoms with Gasteiger partial charge in [-0.1, -0.05) is 6.92 Å². The van der Waals surface area contributed by atoms with Gasteiger partial charge in [0, 0.05) is 55.9 Å². The molecule has 4 rings (SSSR count). The third kappa shape index (κ3) is 5.83. The van der Waals surface area contributed by atoms with Gasteiger partial charge < -0.3 is 15.5 Å². The Labute approximate surface area is 214 Å². The Bertz CT molecular complexity index is 1260. The topological polar surface area (TPSA) is 93.2 Å². The van der Waals surface area contributed by atoms with Crippen LogP contribution in [0.2, 0.25) is 0 Å². The minimum atomic E-state index is -4.98. The van der Waals surface area contributed by atoms with Gasteiger partial charge in [-0.3, -0.25) is 4.68 Å². The second-order valence-corrected chi connectivity index (χ2v) is 9.16. The van der Waals surface area contributed by atoms with E-state index in [0.29, 0.717) is 30.5 Å². The van der Waals surface area contributed by atoms with Gasteiger partial charge in [-0.2, -0.15) is 31.4 Å². The molecule has 2 N–H and O–H groups in total. The number of nitrogens with zero attached hydrogens (tertiary/aromatic N) is 6. The van der Waals surface area contributed by atoms with Crippen LogP contribution in [0.25, 0.3) is 11.1 Å². The number of halogens is 6. The lowest BCUT2D eigenvalue weighted by molar-refractivity contribution is -0.143. The Morgan fingerprint density at radius 2 is 1.63 bits per heavy atom. The molecule has 8 nitrogen and oxygen atoms in total. The van der Waals surface area contributed by atoms with Crippen LogP contribution in [0, 0.1) is 0 Å². The molecule has 0 saturated carbocycles. The smallest absolute Gasteiger partial charge is 0.351 e. The van der Waals surface area contributed by atoms with Gasteiger partial charge in [-0.05, 0) is 36.6 Å². The van der Waals surface area contributed by atoms with Crippen molar-refractivity contribution in [1.29, 1.82) is 0 Å². The number of carbonyl (C=O) groups excluding carboxylic acids is 1. The summed E-state index contributed by atoms with van der Waals surface area (Å²) in [7, 11) is 1.74. The molecule has 0 unspecified atom stereocenters. The fourth-order valence-electron chi connectivity index (χ4n) is 4.63. The summed E-state index contributed by atoms with van der Waals surface area (Å²) in [5.74, 6) is 0.0924. The molecule has 0 bridgehead atoms. The summed E-state index contributed by atoms with van der Waals surface area (Å²) >= 11 is 0. The number of nitrogens with two attached hydrogens (primary N) is 1. The van der Waals surface area contributed by atoms with E-state index in [2.05, 4.69) is 15.1 Å². The lowest BCUT2D eigenvalue weighted by atomic mass is 10.0. The number of urea groups is 1. The number of benzene rings is 1. The number of primary amides is 1. The standard InChI is InChI=1S/C24H25F6N7O/c1-3-19-7-20(13-36(19)21(31)38)37(22-32-8-15(9-33-22)16-10-34-35(2)12-16)11-14-4-17(23(25,26)27)6-18(5-14)24(28,29)30/h4-6,8-10,12,19-20H,3,7,11,13H2,1-2H3,(H2,31,38)/t19-,20-/m1/s1. The zero-order chi connectivity index (χ0) is 27.8. The van der Waals surface area contributed by atoms with Gasteiger partial charge in [0.15, 0.2) is 0 Å². The summed E-state index contributed by atoms with van der Waals surface area (Å²) < 4.78 is 82.4. The predicted octanol–water partition coefficient (Wildman–Crippen LogP) is 4.85. The number of alkyl halides is 6. The van der Waals surface area contributed by atoms with Gasteiger partial charge in [0.25, 0.3) is 0 Å². The molecule has 1 aliphatic heterocycles. The van der Waals surface area contributed by atoms with Crippen LogP contribution >= 0.6 is 0 Å². The van der Waals surface area contributed by atoms with Crippen LogP contribution in [0.3, 0.4) is 0 Å². The highest BCUT2D eigenvalue weighted by Crippen LogP contribution is 2.37. The molecule has 1 aromatic carbocycles. The number of likely N-dealkylation sites (tertiary alicyclic amines) is 1. The molecule has 1 fully saturated rings. The molecule has 2 aromatic heterocycles. The number of aromatic nitrogens is 4. The first-order valence-electron chi connectivity index (χ1n) is 11.7. The van der Waals surface area contributed by atoms with E-state index in [4.69, 9.17) is 5.73 Å². The second-order valence-electron chi connectivity index (χ2n) is 9.16. The molecule has 3 heterocycles. The number of anilines is 1. The van der Waals surface area contributed by atoms with Crippen LogP contribution in [0.1, 0.15) is 36.5 Å². The highest BCUT2D eigenvalue weighted by atomic mass is 19.4. The van der Waals surface area contributed by atoms with Gasteiger partial charge >= 0.3 is 18.4 Å². The van der Waals surface area contributed by atoms with Gasteiger partial charge in [0.2, 0.25) is 5.95 Å². The number of carbonyl (C=O) groups is 1. The Balaban J connectivity index is 1.74. The summed E-state index contributed by atoms with van der Waals surface area (Å²) in [6, 6.07) is 0.0484. The van der Waals surface area contributed by atoms with Gasteiger partial charge in [-0.15, -0.1) is 0 Å².